The van der Waals surface area contributed by atoms with Gasteiger partial charge in [-0.05, 0) is 12.3 Å². The summed E-state index contributed by atoms with van der Waals surface area (Å²) in [6, 6.07) is -1.03. The van der Waals surface area contributed by atoms with Crippen LogP contribution >= 0.6 is 0 Å². The van der Waals surface area contributed by atoms with Crippen LogP contribution in [0, 0.1) is 5.41 Å². The molecule has 4 N–H and O–H groups in total. The summed E-state index contributed by atoms with van der Waals surface area (Å²) in [6.07, 6.45) is -0.0946. The molecule has 5 heteroatoms. The zero-order valence-corrected chi connectivity index (χ0v) is 9.70. The lowest BCUT2D eigenvalue weighted by molar-refractivity contribution is -0.137. The Kier molecular flexibility index (Phi) is 4.74. The van der Waals surface area contributed by atoms with Gasteiger partial charge in [0.15, 0.2) is 0 Å². The fourth-order valence-corrected chi connectivity index (χ4v) is 1.04. The number of aliphatic carboxylic acids is 1. The van der Waals surface area contributed by atoms with Gasteiger partial charge in [-0.15, -0.1) is 0 Å². The van der Waals surface area contributed by atoms with Crippen LogP contribution in [0.5, 0.6) is 0 Å². The second-order valence-electron chi connectivity index (χ2n) is 4.85. The van der Waals surface area contributed by atoms with E-state index in [1.54, 1.807) is 6.92 Å². The number of hydrogen-bond acceptors (Lipinski definition) is 3. The van der Waals surface area contributed by atoms with Gasteiger partial charge in [0.1, 0.15) is 0 Å². The number of nitrogens with one attached hydrogen (secondary N) is 1. The Hall–Kier alpha value is -1.10. The molecule has 5 nitrogen and oxygen atoms in total. The van der Waals surface area contributed by atoms with E-state index in [1.807, 2.05) is 20.8 Å². The summed E-state index contributed by atoms with van der Waals surface area (Å²) in [7, 11) is 0. The number of carboxylic acids is 1. The molecule has 0 saturated carbocycles. The number of carboxylic acid groups (broad SMARTS) is 1. The van der Waals surface area contributed by atoms with E-state index in [9.17, 15) is 9.59 Å². The largest absolute Gasteiger partial charge is 0.481 e. The molecule has 1 amide bonds. The molecular weight excluding hydrogens is 196 g/mol. The third-order valence-corrected chi connectivity index (χ3v) is 2.08. The molecule has 0 spiro atoms. The van der Waals surface area contributed by atoms with E-state index in [2.05, 4.69) is 5.32 Å². The number of nitrogens with two attached hydrogens (primary N) is 1. The van der Waals surface area contributed by atoms with Crippen LogP contribution in [0.15, 0.2) is 0 Å². The molecule has 0 saturated heterocycles. The summed E-state index contributed by atoms with van der Waals surface area (Å²) < 4.78 is 0. The van der Waals surface area contributed by atoms with Gasteiger partial charge in [-0.25, -0.2) is 0 Å². The van der Waals surface area contributed by atoms with E-state index in [4.69, 9.17) is 10.8 Å². The summed E-state index contributed by atoms with van der Waals surface area (Å²) in [5.41, 5.74) is 5.39. The molecule has 15 heavy (non-hydrogen) atoms. The lowest BCUT2D eigenvalue weighted by Crippen LogP contribution is -2.51. The normalized spacial score (nSPS) is 15.5. The predicted octanol–water partition coefficient (Wildman–Crippen LogP) is 0.339. The van der Waals surface area contributed by atoms with Gasteiger partial charge in [-0.3, -0.25) is 9.59 Å². The van der Waals surface area contributed by atoms with E-state index >= 15 is 0 Å². The first-order chi connectivity index (χ1) is 6.64. The lowest BCUT2D eigenvalue weighted by Gasteiger charge is -2.27. The maximum absolute atomic E-state index is 11.6. The van der Waals surface area contributed by atoms with Crippen LogP contribution in [0.25, 0.3) is 0 Å². The highest BCUT2D eigenvalue weighted by molar-refractivity contribution is 5.83. The van der Waals surface area contributed by atoms with Crippen LogP contribution in [-0.4, -0.2) is 29.1 Å². The molecule has 88 valence electrons. The number of hydrogen-bond donors (Lipinski definition) is 3. The molecular formula is C10H20N2O3. The Morgan fingerprint density at radius 2 is 1.87 bits per heavy atom. The molecule has 0 aliphatic carbocycles. The fourth-order valence-electron chi connectivity index (χ4n) is 1.04. The van der Waals surface area contributed by atoms with Crippen molar-refractivity contribution in [1.82, 2.24) is 5.32 Å². The summed E-state index contributed by atoms with van der Waals surface area (Å²) >= 11 is 0. The number of amides is 1. The standard InChI is InChI=1S/C10H20N2O3/c1-6(5-7(13)14)12-9(15)8(11)10(2,3)4/h6,8H,5,11H2,1-4H3,(H,12,15)(H,13,14)/t6?,8-/m0/s1. The van der Waals surface area contributed by atoms with Gasteiger partial charge >= 0.3 is 5.97 Å². The minimum atomic E-state index is -0.938. The van der Waals surface area contributed by atoms with Gasteiger partial charge in [0.2, 0.25) is 5.91 Å². The van der Waals surface area contributed by atoms with E-state index < -0.39 is 18.1 Å². The van der Waals surface area contributed by atoms with E-state index in [0.717, 1.165) is 0 Å². The van der Waals surface area contributed by atoms with Crippen molar-refractivity contribution >= 4 is 11.9 Å². The van der Waals surface area contributed by atoms with Crippen molar-refractivity contribution in [1.29, 1.82) is 0 Å². The summed E-state index contributed by atoms with van der Waals surface area (Å²) in [4.78, 5) is 21.9. The number of carbonyl (C=O) groups is 2. The van der Waals surface area contributed by atoms with Crippen molar-refractivity contribution in [3.05, 3.63) is 0 Å². The van der Waals surface area contributed by atoms with Crippen molar-refractivity contribution < 1.29 is 14.7 Å². The molecule has 0 aliphatic rings. The average molecular weight is 216 g/mol. The fraction of sp³-hybridized carbons (Fsp3) is 0.800. The van der Waals surface area contributed by atoms with Crippen molar-refractivity contribution in [2.24, 2.45) is 11.1 Å². The molecule has 0 aromatic carbocycles. The summed E-state index contributed by atoms with van der Waals surface area (Å²) in [6.45, 7) is 7.22. The van der Waals surface area contributed by atoms with Gasteiger partial charge in [0, 0.05) is 6.04 Å². The first-order valence-electron chi connectivity index (χ1n) is 4.92. The SMILES string of the molecule is CC(CC(=O)O)NC(=O)[C@H](N)C(C)(C)C. The highest BCUT2D eigenvalue weighted by Crippen LogP contribution is 2.17. The van der Waals surface area contributed by atoms with Crippen LogP contribution in [-0.2, 0) is 9.59 Å². The van der Waals surface area contributed by atoms with Gasteiger partial charge in [0.25, 0.3) is 0 Å². The highest BCUT2D eigenvalue weighted by atomic mass is 16.4. The maximum Gasteiger partial charge on any atom is 0.305 e. The third kappa shape index (κ3) is 5.37. The Morgan fingerprint density at radius 1 is 1.40 bits per heavy atom. The third-order valence-electron chi connectivity index (χ3n) is 2.08. The molecule has 0 bridgehead atoms. The topological polar surface area (TPSA) is 92.4 Å². The zero-order valence-electron chi connectivity index (χ0n) is 9.70. The highest BCUT2D eigenvalue weighted by Gasteiger charge is 2.28. The van der Waals surface area contributed by atoms with Crippen molar-refractivity contribution in [3.8, 4) is 0 Å². The van der Waals surface area contributed by atoms with Crippen LogP contribution in [0.1, 0.15) is 34.1 Å². The van der Waals surface area contributed by atoms with E-state index in [-0.39, 0.29) is 17.7 Å². The Labute approximate surface area is 90.0 Å². The molecule has 0 aromatic heterocycles. The number of rotatable bonds is 4. The second-order valence-corrected chi connectivity index (χ2v) is 4.85. The molecule has 0 fully saturated rings. The first kappa shape index (κ1) is 13.9. The molecule has 0 aromatic rings. The maximum atomic E-state index is 11.6. The van der Waals surface area contributed by atoms with Gasteiger partial charge < -0.3 is 16.2 Å². The molecule has 0 heterocycles. The first-order valence-corrected chi connectivity index (χ1v) is 4.92. The Morgan fingerprint density at radius 3 is 2.20 bits per heavy atom. The van der Waals surface area contributed by atoms with Gasteiger partial charge in [0.05, 0.1) is 12.5 Å². The van der Waals surface area contributed by atoms with E-state index in [1.165, 1.54) is 0 Å². The summed E-state index contributed by atoms with van der Waals surface area (Å²) in [5, 5.41) is 11.1. The van der Waals surface area contributed by atoms with Gasteiger partial charge in [-0.1, -0.05) is 20.8 Å². The summed E-state index contributed by atoms with van der Waals surface area (Å²) in [5.74, 6) is -1.25. The Balaban J connectivity index is 4.19. The zero-order chi connectivity index (χ0) is 12.2. The minimum Gasteiger partial charge on any atom is -0.481 e. The second kappa shape index (κ2) is 5.11. The van der Waals surface area contributed by atoms with Crippen LogP contribution in [0.3, 0.4) is 0 Å². The lowest BCUT2D eigenvalue weighted by atomic mass is 9.87. The van der Waals surface area contributed by atoms with Crippen LogP contribution in [0.4, 0.5) is 0 Å². The molecule has 0 aliphatic heterocycles. The molecule has 0 rings (SSSR count). The smallest absolute Gasteiger partial charge is 0.305 e. The quantitative estimate of drug-likeness (QED) is 0.631. The monoisotopic (exact) mass is 216 g/mol. The predicted molar refractivity (Wildman–Crippen MR) is 57.3 cm³/mol. The Bertz CT molecular complexity index is 246. The van der Waals surface area contributed by atoms with Crippen molar-refractivity contribution in [3.63, 3.8) is 0 Å². The van der Waals surface area contributed by atoms with Crippen molar-refractivity contribution in [2.75, 3.05) is 0 Å². The van der Waals surface area contributed by atoms with Crippen LogP contribution < -0.4 is 11.1 Å². The van der Waals surface area contributed by atoms with E-state index in [0.29, 0.717) is 0 Å². The minimum absolute atomic E-state index is 0.0946. The number of carbonyl (C=O) groups excluding carboxylic acids is 1. The molecule has 0 radical (unpaired) electrons. The van der Waals surface area contributed by atoms with Crippen LogP contribution in [0.2, 0.25) is 0 Å². The van der Waals surface area contributed by atoms with Gasteiger partial charge in [-0.2, -0.15) is 0 Å². The van der Waals surface area contributed by atoms with Crippen molar-refractivity contribution in [2.45, 2.75) is 46.2 Å². The molecule has 2 atom stereocenters. The average Bonchev–Trinajstić information content (AvgIpc) is 1.99. The molecule has 1 unspecified atom stereocenters.